The number of hydrogen-bond acceptors (Lipinski definition) is 5. The van der Waals surface area contributed by atoms with Crippen LogP contribution >= 0.6 is 0 Å². The second-order valence-electron chi connectivity index (χ2n) is 7.37. The SMILES string of the molecule is C[C@H](N)COc1cccc(-c2cnc3ccc(N[C@H](C)c4cccc(F)c4)nn23)c1. The third kappa shape index (κ3) is 4.41. The van der Waals surface area contributed by atoms with E-state index in [0.29, 0.717) is 12.4 Å². The van der Waals surface area contributed by atoms with Crippen molar-refractivity contribution in [1.29, 1.82) is 0 Å². The molecule has 4 aromatic rings. The highest BCUT2D eigenvalue weighted by molar-refractivity contribution is 5.65. The lowest BCUT2D eigenvalue weighted by Gasteiger charge is -2.15. The number of nitrogens with zero attached hydrogens (tertiary/aromatic N) is 3. The third-order valence-corrected chi connectivity index (χ3v) is 4.72. The number of fused-ring (bicyclic) bond motifs is 1. The molecule has 0 unspecified atom stereocenters. The first-order chi connectivity index (χ1) is 14.5. The van der Waals surface area contributed by atoms with Gasteiger partial charge in [0.2, 0.25) is 0 Å². The molecule has 4 rings (SSSR count). The molecule has 0 saturated heterocycles. The van der Waals surface area contributed by atoms with E-state index in [2.05, 4.69) is 10.3 Å². The molecule has 7 heteroatoms. The van der Waals surface area contributed by atoms with Crippen molar-refractivity contribution in [3.8, 4) is 17.0 Å². The van der Waals surface area contributed by atoms with E-state index < -0.39 is 0 Å². The minimum absolute atomic E-state index is 0.0418. The first-order valence-electron chi connectivity index (χ1n) is 9.85. The molecule has 0 radical (unpaired) electrons. The van der Waals surface area contributed by atoms with Gasteiger partial charge in [-0.1, -0.05) is 24.3 Å². The van der Waals surface area contributed by atoms with E-state index in [9.17, 15) is 4.39 Å². The Kier molecular flexibility index (Phi) is 5.63. The van der Waals surface area contributed by atoms with Gasteiger partial charge in [0, 0.05) is 11.6 Å². The highest BCUT2D eigenvalue weighted by atomic mass is 19.1. The van der Waals surface area contributed by atoms with E-state index in [1.165, 1.54) is 12.1 Å². The molecule has 0 amide bonds. The van der Waals surface area contributed by atoms with Crippen molar-refractivity contribution < 1.29 is 9.13 Å². The monoisotopic (exact) mass is 405 g/mol. The molecule has 0 bridgehead atoms. The van der Waals surface area contributed by atoms with E-state index >= 15 is 0 Å². The van der Waals surface area contributed by atoms with Crippen molar-refractivity contribution in [3.63, 3.8) is 0 Å². The number of nitrogens with one attached hydrogen (secondary N) is 1. The van der Waals surface area contributed by atoms with Crippen LogP contribution in [0.3, 0.4) is 0 Å². The minimum atomic E-state index is -0.257. The van der Waals surface area contributed by atoms with Crippen LogP contribution in [0.4, 0.5) is 10.2 Å². The van der Waals surface area contributed by atoms with Gasteiger partial charge >= 0.3 is 0 Å². The molecule has 6 nitrogen and oxygen atoms in total. The van der Waals surface area contributed by atoms with Crippen LogP contribution < -0.4 is 15.8 Å². The van der Waals surface area contributed by atoms with Crippen molar-refractivity contribution in [2.45, 2.75) is 25.9 Å². The molecule has 0 saturated carbocycles. The largest absolute Gasteiger partial charge is 0.492 e. The minimum Gasteiger partial charge on any atom is -0.492 e. The Morgan fingerprint density at radius 1 is 1.10 bits per heavy atom. The van der Waals surface area contributed by atoms with Crippen molar-refractivity contribution in [2.24, 2.45) is 5.73 Å². The van der Waals surface area contributed by atoms with Crippen molar-refractivity contribution in [2.75, 3.05) is 11.9 Å². The van der Waals surface area contributed by atoms with E-state index in [1.807, 2.05) is 56.3 Å². The third-order valence-electron chi connectivity index (χ3n) is 4.72. The van der Waals surface area contributed by atoms with Gasteiger partial charge in [0.15, 0.2) is 5.65 Å². The van der Waals surface area contributed by atoms with E-state index in [4.69, 9.17) is 15.6 Å². The average molecular weight is 405 g/mol. The predicted molar refractivity (Wildman–Crippen MR) is 116 cm³/mol. The van der Waals surface area contributed by atoms with Crippen molar-refractivity contribution in [1.82, 2.24) is 14.6 Å². The molecule has 2 heterocycles. The lowest BCUT2D eigenvalue weighted by molar-refractivity contribution is 0.296. The molecule has 2 aromatic carbocycles. The summed E-state index contributed by atoms with van der Waals surface area (Å²) < 4.78 is 21.1. The maximum Gasteiger partial charge on any atom is 0.154 e. The number of aromatic nitrogens is 3. The van der Waals surface area contributed by atoms with Crippen LogP contribution in [0.2, 0.25) is 0 Å². The Morgan fingerprint density at radius 2 is 1.93 bits per heavy atom. The Balaban J connectivity index is 1.61. The van der Waals surface area contributed by atoms with Gasteiger partial charge in [-0.15, -0.1) is 5.10 Å². The fourth-order valence-corrected chi connectivity index (χ4v) is 3.20. The first kappa shape index (κ1) is 19.8. The number of halogens is 1. The zero-order chi connectivity index (χ0) is 21.1. The van der Waals surface area contributed by atoms with Crippen LogP contribution in [-0.4, -0.2) is 27.2 Å². The smallest absolute Gasteiger partial charge is 0.154 e. The number of benzene rings is 2. The fourth-order valence-electron chi connectivity index (χ4n) is 3.20. The number of rotatable bonds is 7. The van der Waals surface area contributed by atoms with Gasteiger partial charge in [0.25, 0.3) is 0 Å². The van der Waals surface area contributed by atoms with Crippen LogP contribution in [0.5, 0.6) is 5.75 Å². The molecule has 0 spiro atoms. The summed E-state index contributed by atoms with van der Waals surface area (Å²) in [6, 6.07) is 17.9. The summed E-state index contributed by atoms with van der Waals surface area (Å²) in [7, 11) is 0. The van der Waals surface area contributed by atoms with Crippen LogP contribution in [0, 0.1) is 5.82 Å². The maximum atomic E-state index is 13.5. The number of hydrogen-bond donors (Lipinski definition) is 2. The van der Waals surface area contributed by atoms with Crippen molar-refractivity contribution >= 4 is 11.5 Å². The predicted octanol–water partition coefficient (Wildman–Crippen LogP) is 4.43. The highest BCUT2D eigenvalue weighted by Gasteiger charge is 2.12. The summed E-state index contributed by atoms with van der Waals surface area (Å²) in [5.41, 5.74) is 9.14. The first-order valence-corrected chi connectivity index (χ1v) is 9.85. The number of ether oxygens (including phenoxy) is 1. The summed E-state index contributed by atoms with van der Waals surface area (Å²) in [5, 5.41) is 8.02. The molecule has 2 atom stereocenters. The molecule has 154 valence electrons. The number of nitrogens with two attached hydrogens (primary N) is 1. The second-order valence-corrected chi connectivity index (χ2v) is 7.37. The van der Waals surface area contributed by atoms with Gasteiger partial charge in [-0.2, -0.15) is 0 Å². The number of anilines is 1. The quantitative estimate of drug-likeness (QED) is 0.475. The van der Waals surface area contributed by atoms with Crippen LogP contribution in [0.15, 0.2) is 66.9 Å². The van der Waals surface area contributed by atoms with Crippen molar-refractivity contribution in [3.05, 3.63) is 78.2 Å². The van der Waals surface area contributed by atoms with Gasteiger partial charge in [-0.25, -0.2) is 13.9 Å². The molecular weight excluding hydrogens is 381 g/mol. The van der Waals surface area contributed by atoms with Gasteiger partial charge in [0.05, 0.1) is 17.9 Å². The molecule has 3 N–H and O–H groups in total. The molecular formula is C23H24FN5O. The van der Waals surface area contributed by atoms with E-state index in [0.717, 1.165) is 28.2 Å². The normalized spacial score (nSPS) is 13.2. The molecule has 0 fully saturated rings. The second kappa shape index (κ2) is 8.51. The molecule has 0 aliphatic rings. The van der Waals surface area contributed by atoms with Gasteiger partial charge in [-0.05, 0) is 55.8 Å². The van der Waals surface area contributed by atoms with E-state index in [-0.39, 0.29) is 17.9 Å². The lowest BCUT2D eigenvalue weighted by atomic mass is 10.1. The fraction of sp³-hybridized carbons (Fsp3) is 0.217. The highest BCUT2D eigenvalue weighted by Crippen LogP contribution is 2.26. The Bertz CT molecular complexity index is 1160. The Hall–Kier alpha value is -3.45. The molecule has 2 aromatic heterocycles. The zero-order valence-electron chi connectivity index (χ0n) is 16.9. The van der Waals surface area contributed by atoms with Crippen LogP contribution in [0.1, 0.15) is 25.5 Å². The van der Waals surface area contributed by atoms with Gasteiger partial charge < -0.3 is 15.8 Å². The molecule has 0 aliphatic carbocycles. The average Bonchev–Trinajstić information content (AvgIpc) is 3.16. The van der Waals surface area contributed by atoms with Crippen LogP contribution in [0.25, 0.3) is 16.9 Å². The molecule has 0 aliphatic heterocycles. The topological polar surface area (TPSA) is 77.5 Å². The maximum absolute atomic E-state index is 13.5. The number of imidazole rings is 1. The lowest BCUT2D eigenvalue weighted by Crippen LogP contribution is -2.23. The summed E-state index contributed by atoms with van der Waals surface area (Å²) in [6.07, 6.45) is 1.78. The van der Waals surface area contributed by atoms with Gasteiger partial charge in [0.1, 0.15) is 24.0 Å². The summed E-state index contributed by atoms with van der Waals surface area (Å²) in [6.45, 7) is 4.31. The Morgan fingerprint density at radius 3 is 2.73 bits per heavy atom. The van der Waals surface area contributed by atoms with E-state index in [1.54, 1.807) is 16.8 Å². The zero-order valence-corrected chi connectivity index (χ0v) is 16.9. The van der Waals surface area contributed by atoms with Gasteiger partial charge in [-0.3, -0.25) is 0 Å². The molecule has 30 heavy (non-hydrogen) atoms. The Labute approximate surface area is 174 Å². The summed E-state index contributed by atoms with van der Waals surface area (Å²) in [5.74, 6) is 1.16. The van der Waals surface area contributed by atoms with Crippen LogP contribution in [-0.2, 0) is 0 Å². The standard InChI is InChI=1S/C23H24FN5O/c1-15(25)14-30-20-8-4-6-18(12-20)21-13-26-23-10-9-22(28-29(21)23)27-16(2)17-5-3-7-19(24)11-17/h3-13,15-16H,14,25H2,1-2H3,(H,27,28)/t15-,16+/m0/s1. The summed E-state index contributed by atoms with van der Waals surface area (Å²) in [4.78, 5) is 4.45. The summed E-state index contributed by atoms with van der Waals surface area (Å²) >= 11 is 0.